The van der Waals surface area contributed by atoms with Gasteiger partial charge in [-0.2, -0.15) is 0 Å². The van der Waals surface area contributed by atoms with Crippen LogP contribution in [0.25, 0.3) is 0 Å². The number of ether oxygens (including phenoxy) is 1. The van der Waals surface area contributed by atoms with E-state index in [1.807, 2.05) is 38.1 Å². The second kappa shape index (κ2) is 8.55. The number of rotatable bonds is 6. The minimum Gasteiger partial charge on any atom is -0.496 e. The van der Waals surface area contributed by atoms with Crippen molar-refractivity contribution in [1.29, 1.82) is 0 Å². The van der Waals surface area contributed by atoms with Gasteiger partial charge in [0.1, 0.15) is 5.75 Å². The van der Waals surface area contributed by atoms with Crippen molar-refractivity contribution in [3.63, 3.8) is 0 Å². The Morgan fingerprint density at radius 1 is 1.35 bits per heavy atom. The lowest BCUT2D eigenvalue weighted by Gasteiger charge is -2.28. The van der Waals surface area contributed by atoms with Crippen LogP contribution in [0, 0.1) is 11.3 Å². The summed E-state index contributed by atoms with van der Waals surface area (Å²) < 4.78 is 5.39. The maximum atomic E-state index is 12.7. The molecular formula is C18H29ClN2O2. The molecule has 1 saturated carbocycles. The highest BCUT2D eigenvalue weighted by Gasteiger charge is 2.34. The molecular weight excluding hydrogens is 312 g/mol. The van der Waals surface area contributed by atoms with Crippen LogP contribution in [0.1, 0.15) is 38.7 Å². The van der Waals surface area contributed by atoms with E-state index in [0.29, 0.717) is 18.9 Å². The van der Waals surface area contributed by atoms with E-state index in [1.165, 1.54) is 0 Å². The largest absolute Gasteiger partial charge is 0.496 e. The predicted octanol–water partition coefficient (Wildman–Crippen LogP) is 2.93. The SMILES string of the molecule is COc1ccccc1CC(C)(C)C(=O)NC1CCCC1CN.Cl. The van der Waals surface area contributed by atoms with Gasteiger partial charge >= 0.3 is 0 Å². The highest BCUT2D eigenvalue weighted by atomic mass is 35.5. The van der Waals surface area contributed by atoms with Gasteiger partial charge in [-0.15, -0.1) is 12.4 Å². The fraction of sp³-hybridized carbons (Fsp3) is 0.611. The second-order valence-corrected chi connectivity index (χ2v) is 6.88. The molecule has 0 saturated heterocycles. The zero-order chi connectivity index (χ0) is 16.2. The van der Waals surface area contributed by atoms with Crippen LogP contribution in [0.3, 0.4) is 0 Å². The van der Waals surface area contributed by atoms with Crippen molar-refractivity contribution in [1.82, 2.24) is 5.32 Å². The average Bonchev–Trinajstić information content (AvgIpc) is 2.94. The number of hydrogen-bond acceptors (Lipinski definition) is 3. The Hall–Kier alpha value is -1.26. The van der Waals surface area contributed by atoms with E-state index in [1.54, 1.807) is 7.11 Å². The molecule has 5 heteroatoms. The highest BCUT2D eigenvalue weighted by Crippen LogP contribution is 2.30. The summed E-state index contributed by atoms with van der Waals surface area (Å²) in [6, 6.07) is 8.11. The first kappa shape index (κ1) is 19.8. The molecule has 4 nitrogen and oxygen atoms in total. The van der Waals surface area contributed by atoms with Gasteiger partial charge in [0.05, 0.1) is 7.11 Å². The van der Waals surface area contributed by atoms with Crippen LogP contribution in [0.2, 0.25) is 0 Å². The zero-order valence-corrected chi connectivity index (χ0v) is 15.1. The minimum absolute atomic E-state index is 0. The van der Waals surface area contributed by atoms with Crippen molar-refractivity contribution in [2.75, 3.05) is 13.7 Å². The molecule has 0 spiro atoms. The first-order valence-electron chi connectivity index (χ1n) is 8.11. The van der Waals surface area contributed by atoms with E-state index in [0.717, 1.165) is 30.6 Å². The van der Waals surface area contributed by atoms with Crippen molar-refractivity contribution >= 4 is 18.3 Å². The lowest BCUT2D eigenvalue weighted by atomic mass is 9.84. The Balaban J connectivity index is 0.00000264. The van der Waals surface area contributed by atoms with Gasteiger partial charge in [-0.25, -0.2) is 0 Å². The summed E-state index contributed by atoms with van der Waals surface area (Å²) >= 11 is 0. The normalized spacial score (nSPS) is 20.7. The van der Waals surface area contributed by atoms with Crippen LogP contribution in [0.5, 0.6) is 5.75 Å². The molecule has 1 amide bonds. The maximum Gasteiger partial charge on any atom is 0.226 e. The Morgan fingerprint density at radius 3 is 2.70 bits per heavy atom. The molecule has 3 N–H and O–H groups in total. The van der Waals surface area contributed by atoms with E-state index in [9.17, 15) is 4.79 Å². The van der Waals surface area contributed by atoms with E-state index in [-0.39, 0.29) is 24.4 Å². The summed E-state index contributed by atoms with van der Waals surface area (Å²) in [5.74, 6) is 1.36. The molecule has 1 aromatic rings. The van der Waals surface area contributed by atoms with Gasteiger partial charge in [-0.3, -0.25) is 4.79 Å². The average molecular weight is 341 g/mol. The number of nitrogens with two attached hydrogens (primary N) is 1. The van der Waals surface area contributed by atoms with Crippen LogP contribution >= 0.6 is 12.4 Å². The Morgan fingerprint density at radius 2 is 2.04 bits per heavy atom. The Kier molecular flexibility index (Phi) is 7.36. The van der Waals surface area contributed by atoms with Crippen LogP contribution < -0.4 is 15.8 Å². The summed E-state index contributed by atoms with van der Waals surface area (Å²) in [5, 5.41) is 3.22. The molecule has 0 aromatic heterocycles. The van der Waals surface area contributed by atoms with Crippen molar-refractivity contribution in [3.8, 4) is 5.75 Å². The first-order chi connectivity index (χ1) is 10.5. The van der Waals surface area contributed by atoms with Gasteiger partial charge in [0, 0.05) is 11.5 Å². The molecule has 1 fully saturated rings. The Labute approximate surface area is 145 Å². The molecule has 1 aromatic carbocycles. The molecule has 2 rings (SSSR count). The number of carbonyl (C=O) groups is 1. The molecule has 0 bridgehead atoms. The summed E-state index contributed by atoms with van der Waals surface area (Å²) in [4.78, 5) is 12.7. The summed E-state index contributed by atoms with van der Waals surface area (Å²) in [6.07, 6.45) is 3.97. The lowest BCUT2D eigenvalue weighted by molar-refractivity contribution is -0.130. The van der Waals surface area contributed by atoms with Gasteiger partial charge in [0.2, 0.25) is 5.91 Å². The number of methoxy groups -OCH3 is 1. The van der Waals surface area contributed by atoms with E-state index in [4.69, 9.17) is 10.5 Å². The van der Waals surface area contributed by atoms with Crippen LogP contribution in [0.4, 0.5) is 0 Å². The third kappa shape index (κ3) is 4.85. The van der Waals surface area contributed by atoms with Crippen molar-refractivity contribution in [2.24, 2.45) is 17.1 Å². The minimum atomic E-state index is -0.476. The number of carbonyl (C=O) groups excluding carboxylic acids is 1. The number of halogens is 1. The molecule has 130 valence electrons. The van der Waals surface area contributed by atoms with Gasteiger partial charge in [-0.1, -0.05) is 38.5 Å². The molecule has 2 atom stereocenters. The van der Waals surface area contributed by atoms with Crippen molar-refractivity contribution in [3.05, 3.63) is 29.8 Å². The molecule has 1 aliphatic rings. The van der Waals surface area contributed by atoms with Crippen LogP contribution in [-0.2, 0) is 11.2 Å². The summed E-state index contributed by atoms with van der Waals surface area (Å²) in [6.45, 7) is 4.63. The fourth-order valence-corrected chi connectivity index (χ4v) is 3.28. The highest BCUT2D eigenvalue weighted by molar-refractivity contribution is 5.85. The second-order valence-electron chi connectivity index (χ2n) is 6.88. The molecule has 0 heterocycles. The summed E-state index contributed by atoms with van der Waals surface area (Å²) in [5.41, 5.74) is 6.39. The third-order valence-electron chi connectivity index (χ3n) is 4.72. The summed E-state index contributed by atoms with van der Waals surface area (Å²) in [7, 11) is 1.66. The first-order valence-corrected chi connectivity index (χ1v) is 8.11. The Bertz CT molecular complexity index is 519. The van der Waals surface area contributed by atoms with Gasteiger partial charge < -0.3 is 15.8 Å². The maximum absolute atomic E-state index is 12.7. The number of benzene rings is 1. The number of para-hydroxylation sites is 1. The number of nitrogens with one attached hydrogen (secondary N) is 1. The van der Waals surface area contributed by atoms with Crippen molar-refractivity contribution in [2.45, 2.75) is 45.6 Å². The molecule has 1 aliphatic carbocycles. The van der Waals surface area contributed by atoms with E-state index in [2.05, 4.69) is 5.32 Å². The van der Waals surface area contributed by atoms with Crippen LogP contribution in [0.15, 0.2) is 24.3 Å². The van der Waals surface area contributed by atoms with Crippen molar-refractivity contribution < 1.29 is 9.53 Å². The molecule has 2 unspecified atom stereocenters. The smallest absolute Gasteiger partial charge is 0.226 e. The predicted molar refractivity (Wildman–Crippen MR) is 96.1 cm³/mol. The number of amides is 1. The van der Waals surface area contributed by atoms with Gasteiger partial charge in [0.15, 0.2) is 0 Å². The zero-order valence-electron chi connectivity index (χ0n) is 14.3. The quantitative estimate of drug-likeness (QED) is 0.836. The fourth-order valence-electron chi connectivity index (χ4n) is 3.28. The standard InChI is InChI=1S/C18H28N2O2.ClH/c1-18(2,11-13-7-4-5-10-16(13)22-3)17(21)20-15-9-6-8-14(15)12-19;/h4-5,7,10,14-15H,6,8-9,11-12,19H2,1-3H3,(H,20,21);1H. The van der Waals surface area contributed by atoms with E-state index < -0.39 is 5.41 Å². The number of hydrogen-bond donors (Lipinski definition) is 2. The van der Waals surface area contributed by atoms with E-state index >= 15 is 0 Å². The van der Waals surface area contributed by atoms with Gasteiger partial charge in [-0.05, 0) is 43.4 Å². The topological polar surface area (TPSA) is 64.3 Å². The van der Waals surface area contributed by atoms with Gasteiger partial charge in [0.25, 0.3) is 0 Å². The lowest BCUT2D eigenvalue weighted by Crippen LogP contribution is -2.46. The monoisotopic (exact) mass is 340 g/mol. The molecule has 23 heavy (non-hydrogen) atoms. The molecule has 0 aliphatic heterocycles. The third-order valence-corrected chi connectivity index (χ3v) is 4.72. The van der Waals surface area contributed by atoms with Crippen LogP contribution in [-0.4, -0.2) is 25.6 Å². The molecule has 0 radical (unpaired) electrons.